The lowest BCUT2D eigenvalue weighted by Crippen LogP contribution is -2.26. The molecule has 0 saturated carbocycles. The Hall–Kier alpha value is -1.86. The maximum absolute atomic E-state index is 3.88. The molecule has 1 heteroatoms. The molecule has 0 heterocycles. The highest BCUT2D eigenvalue weighted by Gasteiger charge is 2.22. The van der Waals surface area contributed by atoms with E-state index in [9.17, 15) is 0 Å². The molecular weight excluding hydrogens is 278 g/mol. The van der Waals surface area contributed by atoms with Crippen molar-refractivity contribution >= 4 is 0 Å². The van der Waals surface area contributed by atoms with Crippen molar-refractivity contribution in [3.05, 3.63) is 82.4 Å². The molecule has 0 bridgehead atoms. The number of allylic oxidation sites excluding steroid dienone is 1. The summed E-state index contributed by atoms with van der Waals surface area (Å²) in [5.74, 6) is 0. The Morgan fingerprint density at radius 3 is 2.04 bits per heavy atom. The van der Waals surface area contributed by atoms with Gasteiger partial charge in [0.05, 0.1) is 6.04 Å². The molecule has 0 atom stereocenters. The van der Waals surface area contributed by atoms with Crippen LogP contribution in [0.1, 0.15) is 54.0 Å². The lowest BCUT2D eigenvalue weighted by Gasteiger charge is -2.23. The van der Waals surface area contributed by atoms with Crippen molar-refractivity contribution in [2.75, 3.05) is 6.54 Å². The molecule has 0 aliphatic heterocycles. The fourth-order valence-corrected chi connectivity index (χ4v) is 4.04. The molecule has 0 aromatic heterocycles. The number of hydrogen-bond donors (Lipinski definition) is 1. The average Bonchev–Trinajstić information content (AvgIpc) is 2.78. The normalized spacial score (nSPS) is 17.8. The first-order valence-electron chi connectivity index (χ1n) is 8.99. The Balaban J connectivity index is 1.67. The summed E-state index contributed by atoms with van der Waals surface area (Å²) in [6.07, 6.45) is 9.98. The second-order valence-corrected chi connectivity index (χ2v) is 6.82. The van der Waals surface area contributed by atoms with Gasteiger partial charge in [-0.3, -0.25) is 0 Å². The van der Waals surface area contributed by atoms with Gasteiger partial charge in [-0.25, -0.2) is 0 Å². The van der Waals surface area contributed by atoms with Crippen LogP contribution in [0, 0.1) is 0 Å². The van der Waals surface area contributed by atoms with E-state index >= 15 is 0 Å². The van der Waals surface area contributed by atoms with E-state index < -0.39 is 0 Å². The van der Waals surface area contributed by atoms with Crippen LogP contribution in [-0.4, -0.2) is 6.54 Å². The van der Waals surface area contributed by atoms with Crippen molar-refractivity contribution in [3.8, 4) is 0 Å². The molecule has 0 radical (unpaired) electrons. The van der Waals surface area contributed by atoms with Crippen molar-refractivity contribution in [1.82, 2.24) is 5.32 Å². The zero-order chi connectivity index (χ0) is 15.5. The molecular formula is C22H25N. The first-order chi connectivity index (χ1) is 11.4. The van der Waals surface area contributed by atoms with Gasteiger partial charge in [0.2, 0.25) is 0 Å². The summed E-state index contributed by atoms with van der Waals surface area (Å²) in [5, 5.41) is 3.88. The van der Waals surface area contributed by atoms with Gasteiger partial charge in [0.25, 0.3) is 0 Å². The molecule has 23 heavy (non-hydrogen) atoms. The topological polar surface area (TPSA) is 12.0 Å². The Bertz CT molecular complexity index is 666. The maximum atomic E-state index is 3.88. The third-order valence-electron chi connectivity index (χ3n) is 5.31. The molecule has 1 N–H and O–H groups in total. The van der Waals surface area contributed by atoms with Crippen molar-refractivity contribution < 1.29 is 0 Å². The SMILES string of the molecule is C1=C(CNC2c3ccccc3CCc3ccccc32)CCCC1. The van der Waals surface area contributed by atoms with E-state index in [-0.39, 0.29) is 0 Å². The quantitative estimate of drug-likeness (QED) is 0.790. The highest BCUT2D eigenvalue weighted by molar-refractivity contribution is 5.44. The van der Waals surface area contributed by atoms with Gasteiger partial charge in [-0.1, -0.05) is 60.2 Å². The van der Waals surface area contributed by atoms with Crippen LogP contribution in [0.25, 0.3) is 0 Å². The molecule has 4 rings (SSSR count). The minimum atomic E-state index is 0.327. The molecule has 2 aromatic carbocycles. The van der Waals surface area contributed by atoms with E-state index in [0.29, 0.717) is 6.04 Å². The minimum absolute atomic E-state index is 0.327. The van der Waals surface area contributed by atoms with Gasteiger partial charge in [0, 0.05) is 6.54 Å². The van der Waals surface area contributed by atoms with E-state index in [1.165, 1.54) is 47.9 Å². The maximum Gasteiger partial charge on any atom is 0.0584 e. The summed E-state index contributed by atoms with van der Waals surface area (Å²) < 4.78 is 0. The van der Waals surface area contributed by atoms with Crippen molar-refractivity contribution in [3.63, 3.8) is 0 Å². The van der Waals surface area contributed by atoms with Crippen LogP contribution in [-0.2, 0) is 12.8 Å². The van der Waals surface area contributed by atoms with E-state index in [2.05, 4.69) is 59.9 Å². The molecule has 2 aliphatic carbocycles. The fraction of sp³-hybridized carbons (Fsp3) is 0.364. The van der Waals surface area contributed by atoms with Crippen LogP contribution in [0.15, 0.2) is 60.2 Å². The molecule has 0 fully saturated rings. The Kier molecular flexibility index (Phi) is 4.30. The molecule has 2 aliphatic rings. The predicted molar refractivity (Wildman–Crippen MR) is 96.7 cm³/mol. The number of fused-ring (bicyclic) bond motifs is 2. The second kappa shape index (κ2) is 6.72. The van der Waals surface area contributed by atoms with Crippen LogP contribution in [0.4, 0.5) is 0 Å². The number of benzene rings is 2. The molecule has 0 amide bonds. The summed E-state index contributed by atoms with van der Waals surface area (Å²) in [5.41, 5.74) is 7.52. The van der Waals surface area contributed by atoms with Crippen LogP contribution in [0.2, 0.25) is 0 Å². The molecule has 1 nitrogen and oxygen atoms in total. The third-order valence-corrected chi connectivity index (χ3v) is 5.31. The lowest BCUT2D eigenvalue weighted by molar-refractivity contribution is 0.601. The Morgan fingerprint density at radius 1 is 0.783 bits per heavy atom. The predicted octanol–water partition coefficient (Wildman–Crippen LogP) is 4.96. The van der Waals surface area contributed by atoms with Gasteiger partial charge in [-0.15, -0.1) is 0 Å². The van der Waals surface area contributed by atoms with Gasteiger partial charge < -0.3 is 5.32 Å². The van der Waals surface area contributed by atoms with Crippen molar-refractivity contribution in [2.45, 2.75) is 44.6 Å². The first kappa shape index (κ1) is 14.7. The van der Waals surface area contributed by atoms with Crippen molar-refractivity contribution in [2.24, 2.45) is 0 Å². The van der Waals surface area contributed by atoms with Crippen LogP contribution in [0.5, 0.6) is 0 Å². The largest absolute Gasteiger partial charge is 0.302 e. The van der Waals surface area contributed by atoms with E-state index in [4.69, 9.17) is 0 Å². The highest BCUT2D eigenvalue weighted by atomic mass is 14.9. The van der Waals surface area contributed by atoms with Crippen molar-refractivity contribution in [1.29, 1.82) is 0 Å². The summed E-state index contributed by atoms with van der Waals surface area (Å²) in [6, 6.07) is 18.3. The Morgan fingerprint density at radius 2 is 1.43 bits per heavy atom. The number of rotatable bonds is 3. The Labute approximate surface area is 139 Å². The summed E-state index contributed by atoms with van der Waals surface area (Å²) in [7, 11) is 0. The zero-order valence-corrected chi connectivity index (χ0v) is 13.7. The highest BCUT2D eigenvalue weighted by Crippen LogP contribution is 2.32. The second-order valence-electron chi connectivity index (χ2n) is 6.82. The number of nitrogens with one attached hydrogen (secondary N) is 1. The van der Waals surface area contributed by atoms with E-state index in [1.807, 2.05) is 0 Å². The van der Waals surface area contributed by atoms with Gasteiger partial charge in [0.15, 0.2) is 0 Å². The lowest BCUT2D eigenvalue weighted by atomic mass is 9.93. The minimum Gasteiger partial charge on any atom is -0.302 e. The van der Waals surface area contributed by atoms with Gasteiger partial charge in [0.1, 0.15) is 0 Å². The summed E-state index contributed by atoms with van der Waals surface area (Å²) in [6.45, 7) is 1.02. The van der Waals surface area contributed by atoms with Gasteiger partial charge >= 0.3 is 0 Å². The zero-order valence-electron chi connectivity index (χ0n) is 13.7. The third kappa shape index (κ3) is 3.11. The number of aryl methyl sites for hydroxylation is 2. The molecule has 118 valence electrons. The van der Waals surface area contributed by atoms with Crippen LogP contribution < -0.4 is 5.32 Å². The molecule has 0 unspecified atom stereocenters. The molecule has 2 aromatic rings. The fourth-order valence-electron chi connectivity index (χ4n) is 4.04. The number of hydrogen-bond acceptors (Lipinski definition) is 1. The smallest absolute Gasteiger partial charge is 0.0584 e. The average molecular weight is 303 g/mol. The van der Waals surface area contributed by atoms with Gasteiger partial charge in [-0.05, 0) is 60.8 Å². The standard InChI is InChI=1S/C22H25N/c1-2-8-17(9-3-1)16-23-22-20-12-6-4-10-18(20)14-15-19-11-5-7-13-21(19)22/h4-8,10-13,22-23H,1-3,9,14-16H2. The van der Waals surface area contributed by atoms with Gasteiger partial charge in [-0.2, -0.15) is 0 Å². The van der Waals surface area contributed by atoms with Crippen LogP contribution in [0.3, 0.4) is 0 Å². The summed E-state index contributed by atoms with van der Waals surface area (Å²) >= 11 is 0. The van der Waals surface area contributed by atoms with Crippen LogP contribution >= 0.6 is 0 Å². The van der Waals surface area contributed by atoms with E-state index in [0.717, 1.165) is 19.4 Å². The molecule has 0 spiro atoms. The first-order valence-corrected chi connectivity index (χ1v) is 8.99. The van der Waals surface area contributed by atoms with E-state index in [1.54, 1.807) is 5.57 Å². The molecule has 0 saturated heterocycles. The summed E-state index contributed by atoms with van der Waals surface area (Å²) in [4.78, 5) is 0. The monoisotopic (exact) mass is 303 g/mol.